The Balaban J connectivity index is 2.01. The zero-order valence-corrected chi connectivity index (χ0v) is 12.9. The van der Waals surface area contributed by atoms with Gasteiger partial charge >= 0.3 is 6.18 Å². The van der Waals surface area contributed by atoms with Crippen molar-refractivity contribution in [3.8, 4) is 17.2 Å². The largest absolute Gasteiger partial charge is 0.417 e. The molecule has 0 N–H and O–H groups in total. The molecule has 0 aromatic carbocycles. The molecule has 4 aromatic heterocycles. The maximum Gasteiger partial charge on any atom is 0.417 e. The summed E-state index contributed by atoms with van der Waals surface area (Å²) >= 11 is 0. The first-order valence-corrected chi connectivity index (χ1v) is 7.42. The van der Waals surface area contributed by atoms with Gasteiger partial charge in [-0.05, 0) is 30.3 Å². The molecule has 9 heteroatoms. The lowest BCUT2D eigenvalue weighted by molar-refractivity contribution is -0.137. The van der Waals surface area contributed by atoms with E-state index in [2.05, 4.69) is 19.9 Å². The van der Waals surface area contributed by atoms with E-state index in [0.717, 1.165) is 18.3 Å². The quantitative estimate of drug-likeness (QED) is 0.400. The molecule has 4 aromatic rings. The second-order valence-corrected chi connectivity index (χ2v) is 5.39. The SMILES string of the molecule is Fc1ccc(-n2c(-c3ccccn3)nc3cc(C(F)(F)F)cnc32)cn1. The monoisotopic (exact) mass is 359 g/mol. The number of nitrogens with zero attached hydrogens (tertiary/aromatic N) is 5. The summed E-state index contributed by atoms with van der Waals surface area (Å²) in [6, 6.07) is 8.60. The van der Waals surface area contributed by atoms with Crippen LogP contribution in [-0.2, 0) is 6.18 Å². The number of alkyl halides is 3. The number of pyridine rings is 3. The molecular formula is C17H9F4N5. The third kappa shape index (κ3) is 2.77. The molecule has 0 aliphatic heterocycles. The Bertz CT molecular complexity index is 1070. The lowest BCUT2D eigenvalue weighted by Gasteiger charge is -2.08. The number of hydrogen-bond acceptors (Lipinski definition) is 4. The average Bonchev–Trinajstić information content (AvgIpc) is 3.01. The lowest BCUT2D eigenvalue weighted by atomic mass is 10.2. The van der Waals surface area contributed by atoms with Crippen molar-refractivity contribution in [3.63, 3.8) is 0 Å². The van der Waals surface area contributed by atoms with E-state index in [0.29, 0.717) is 11.4 Å². The standard InChI is InChI=1S/C17H9F4N5/c18-14-5-4-11(9-23-14)26-15-13(7-10(8-24-15)17(19,20)21)25-16(26)12-3-1-2-6-22-12/h1-9H. The molecule has 4 heterocycles. The fraction of sp³-hybridized carbons (Fsp3) is 0.0588. The predicted octanol–water partition coefficient (Wildman–Crippen LogP) is 4.04. The summed E-state index contributed by atoms with van der Waals surface area (Å²) < 4.78 is 53.6. The number of halogens is 4. The molecule has 0 radical (unpaired) electrons. The second-order valence-electron chi connectivity index (χ2n) is 5.39. The Morgan fingerprint density at radius 1 is 0.923 bits per heavy atom. The molecule has 130 valence electrons. The number of imidazole rings is 1. The molecule has 0 aliphatic rings. The van der Waals surface area contributed by atoms with E-state index in [1.54, 1.807) is 18.2 Å². The van der Waals surface area contributed by atoms with E-state index in [9.17, 15) is 17.6 Å². The lowest BCUT2D eigenvalue weighted by Crippen LogP contribution is -2.06. The van der Waals surface area contributed by atoms with Gasteiger partial charge in [-0.15, -0.1) is 0 Å². The highest BCUT2D eigenvalue weighted by Gasteiger charge is 2.32. The molecule has 0 fully saturated rings. The van der Waals surface area contributed by atoms with E-state index < -0.39 is 17.7 Å². The molecule has 0 saturated heterocycles. The van der Waals surface area contributed by atoms with Crippen LogP contribution >= 0.6 is 0 Å². The highest BCUT2D eigenvalue weighted by molar-refractivity contribution is 5.79. The minimum absolute atomic E-state index is 0.0461. The number of rotatable bonds is 2. The summed E-state index contributed by atoms with van der Waals surface area (Å²) in [5, 5.41) is 0. The molecule has 26 heavy (non-hydrogen) atoms. The van der Waals surface area contributed by atoms with Gasteiger partial charge in [-0.25, -0.2) is 15.0 Å². The predicted molar refractivity (Wildman–Crippen MR) is 84.9 cm³/mol. The first-order chi connectivity index (χ1) is 12.4. The Morgan fingerprint density at radius 2 is 1.77 bits per heavy atom. The van der Waals surface area contributed by atoms with Gasteiger partial charge in [0.05, 0.1) is 17.4 Å². The summed E-state index contributed by atoms with van der Waals surface area (Å²) in [7, 11) is 0. The smallest absolute Gasteiger partial charge is 0.274 e. The number of fused-ring (bicyclic) bond motifs is 1. The minimum atomic E-state index is -4.53. The minimum Gasteiger partial charge on any atom is -0.274 e. The topological polar surface area (TPSA) is 56.5 Å². The first kappa shape index (κ1) is 16.1. The van der Waals surface area contributed by atoms with E-state index in [1.807, 2.05) is 0 Å². The third-order valence-corrected chi connectivity index (χ3v) is 3.69. The van der Waals surface area contributed by atoms with Crippen LogP contribution in [0.3, 0.4) is 0 Å². The van der Waals surface area contributed by atoms with Gasteiger partial charge in [-0.2, -0.15) is 17.6 Å². The van der Waals surface area contributed by atoms with Gasteiger partial charge in [0.1, 0.15) is 11.2 Å². The van der Waals surface area contributed by atoms with Crippen LogP contribution in [-0.4, -0.2) is 24.5 Å². The highest BCUT2D eigenvalue weighted by atomic mass is 19.4. The summed E-state index contributed by atoms with van der Waals surface area (Å²) in [6.45, 7) is 0. The van der Waals surface area contributed by atoms with Gasteiger partial charge in [-0.3, -0.25) is 9.55 Å². The molecular weight excluding hydrogens is 350 g/mol. The van der Waals surface area contributed by atoms with Gasteiger partial charge < -0.3 is 0 Å². The van der Waals surface area contributed by atoms with Crippen LogP contribution in [0.25, 0.3) is 28.4 Å². The number of aromatic nitrogens is 5. The van der Waals surface area contributed by atoms with Gasteiger partial charge in [0.15, 0.2) is 11.5 Å². The molecule has 0 bridgehead atoms. The van der Waals surface area contributed by atoms with Crippen molar-refractivity contribution in [2.75, 3.05) is 0 Å². The van der Waals surface area contributed by atoms with E-state index >= 15 is 0 Å². The Morgan fingerprint density at radius 3 is 2.42 bits per heavy atom. The van der Waals surface area contributed by atoms with Gasteiger partial charge in [0, 0.05) is 12.4 Å². The van der Waals surface area contributed by atoms with Crippen molar-refractivity contribution >= 4 is 11.2 Å². The van der Waals surface area contributed by atoms with Crippen molar-refractivity contribution in [1.29, 1.82) is 0 Å². The van der Waals surface area contributed by atoms with Crippen LogP contribution in [0, 0.1) is 5.95 Å². The summed E-state index contributed by atoms with van der Waals surface area (Å²) in [5.74, 6) is -0.397. The van der Waals surface area contributed by atoms with Gasteiger partial charge in [0.2, 0.25) is 5.95 Å². The molecule has 4 rings (SSSR count). The van der Waals surface area contributed by atoms with E-state index in [4.69, 9.17) is 0 Å². The molecule has 0 spiro atoms. The van der Waals surface area contributed by atoms with Crippen molar-refractivity contribution in [2.45, 2.75) is 6.18 Å². The third-order valence-electron chi connectivity index (χ3n) is 3.69. The van der Waals surface area contributed by atoms with Crippen LogP contribution in [0.1, 0.15) is 5.56 Å². The van der Waals surface area contributed by atoms with Crippen LogP contribution in [0.2, 0.25) is 0 Å². The highest BCUT2D eigenvalue weighted by Crippen LogP contribution is 2.32. The Hall–Kier alpha value is -3.36. The van der Waals surface area contributed by atoms with Crippen molar-refractivity contribution in [3.05, 3.63) is 66.5 Å². The van der Waals surface area contributed by atoms with Crippen molar-refractivity contribution in [2.24, 2.45) is 0 Å². The van der Waals surface area contributed by atoms with E-state index in [1.165, 1.54) is 23.0 Å². The number of hydrogen-bond donors (Lipinski definition) is 0. The van der Waals surface area contributed by atoms with E-state index in [-0.39, 0.29) is 17.0 Å². The maximum atomic E-state index is 13.2. The Kier molecular flexibility index (Phi) is 3.64. The molecule has 0 atom stereocenters. The first-order valence-electron chi connectivity index (χ1n) is 7.42. The summed E-state index contributed by atoms with van der Waals surface area (Å²) in [5.41, 5.74) is 0.168. The zero-order valence-electron chi connectivity index (χ0n) is 12.9. The summed E-state index contributed by atoms with van der Waals surface area (Å²) in [6.07, 6.45) is -1.01. The van der Waals surface area contributed by atoms with Gasteiger partial charge in [0.25, 0.3) is 0 Å². The van der Waals surface area contributed by atoms with Crippen LogP contribution in [0.15, 0.2) is 55.0 Å². The van der Waals surface area contributed by atoms with Crippen LogP contribution in [0.5, 0.6) is 0 Å². The zero-order chi connectivity index (χ0) is 18.3. The molecule has 0 unspecified atom stereocenters. The maximum absolute atomic E-state index is 13.2. The molecule has 0 aliphatic carbocycles. The van der Waals surface area contributed by atoms with Crippen molar-refractivity contribution in [1.82, 2.24) is 24.5 Å². The molecule has 0 amide bonds. The van der Waals surface area contributed by atoms with Crippen molar-refractivity contribution < 1.29 is 17.6 Å². The summed E-state index contributed by atoms with van der Waals surface area (Å²) in [4.78, 5) is 16.0. The Labute approximate surface area is 144 Å². The fourth-order valence-corrected chi connectivity index (χ4v) is 2.53. The van der Waals surface area contributed by atoms with Crippen LogP contribution in [0.4, 0.5) is 17.6 Å². The second kappa shape index (κ2) is 5.87. The fourth-order valence-electron chi connectivity index (χ4n) is 2.53. The molecule has 5 nitrogen and oxygen atoms in total. The normalized spacial score (nSPS) is 11.8. The average molecular weight is 359 g/mol. The van der Waals surface area contributed by atoms with Gasteiger partial charge in [-0.1, -0.05) is 6.07 Å². The molecule has 0 saturated carbocycles. The van der Waals surface area contributed by atoms with Crippen LogP contribution < -0.4 is 0 Å².